The highest BCUT2D eigenvalue weighted by molar-refractivity contribution is 5.15. The summed E-state index contributed by atoms with van der Waals surface area (Å²) < 4.78 is 12.9. The van der Waals surface area contributed by atoms with Crippen molar-refractivity contribution < 1.29 is 4.39 Å². The zero-order valence-electron chi connectivity index (χ0n) is 13.3. The molecule has 0 aromatic heterocycles. The van der Waals surface area contributed by atoms with Crippen LogP contribution in [0.3, 0.4) is 0 Å². The molecule has 0 bridgehead atoms. The van der Waals surface area contributed by atoms with Crippen LogP contribution in [0.2, 0.25) is 0 Å². The number of benzene rings is 1. The van der Waals surface area contributed by atoms with Crippen molar-refractivity contribution in [2.24, 2.45) is 5.92 Å². The Morgan fingerprint density at radius 2 is 1.80 bits per heavy atom. The highest BCUT2D eigenvalue weighted by Crippen LogP contribution is 2.10. The number of rotatable bonds is 9. The average Bonchev–Trinajstić information content (AvgIpc) is 2.40. The van der Waals surface area contributed by atoms with Crippen LogP contribution in [0.4, 0.5) is 4.39 Å². The second-order valence-corrected chi connectivity index (χ2v) is 6.13. The smallest absolute Gasteiger partial charge is 0.123 e. The maximum Gasteiger partial charge on any atom is 0.123 e. The molecule has 0 spiro atoms. The minimum atomic E-state index is -0.166. The van der Waals surface area contributed by atoms with Crippen LogP contribution < -0.4 is 5.32 Å². The third-order valence-corrected chi connectivity index (χ3v) is 3.63. The lowest BCUT2D eigenvalue weighted by Gasteiger charge is -2.25. The van der Waals surface area contributed by atoms with E-state index in [4.69, 9.17) is 0 Å². The summed E-state index contributed by atoms with van der Waals surface area (Å²) in [7, 11) is 2.13. The molecule has 1 rings (SSSR count). The van der Waals surface area contributed by atoms with Gasteiger partial charge < -0.3 is 5.32 Å². The van der Waals surface area contributed by atoms with E-state index in [1.165, 1.54) is 30.5 Å². The molecule has 0 saturated carbocycles. The molecule has 0 saturated heterocycles. The molecule has 0 aliphatic rings. The summed E-state index contributed by atoms with van der Waals surface area (Å²) in [5, 5.41) is 3.47. The first kappa shape index (κ1) is 17.1. The van der Waals surface area contributed by atoms with Gasteiger partial charge in [0, 0.05) is 12.6 Å². The monoisotopic (exact) mass is 280 g/mol. The van der Waals surface area contributed by atoms with E-state index in [1.54, 1.807) is 0 Å². The Kier molecular flexibility index (Phi) is 7.78. The van der Waals surface area contributed by atoms with Crippen LogP contribution in [0.1, 0.15) is 39.2 Å². The third kappa shape index (κ3) is 7.01. The lowest BCUT2D eigenvalue weighted by atomic mass is 10.1. The highest BCUT2D eigenvalue weighted by Gasteiger charge is 2.09. The predicted octanol–water partition coefficient (Wildman–Crippen LogP) is 3.67. The van der Waals surface area contributed by atoms with E-state index in [1.807, 2.05) is 12.1 Å². The molecule has 1 aromatic rings. The van der Waals surface area contributed by atoms with Gasteiger partial charge in [-0.25, -0.2) is 4.39 Å². The topological polar surface area (TPSA) is 15.3 Å². The number of hydrogen-bond acceptors (Lipinski definition) is 2. The van der Waals surface area contributed by atoms with Gasteiger partial charge in [-0.15, -0.1) is 0 Å². The largest absolute Gasteiger partial charge is 0.316 e. The molecular weight excluding hydrogens is 251 g/mol. The molecule has 1 aromatic carbocycles. The SMILES string of the molecule is CC(C)CNCCCC(C)N(C)Cc1ccc(F)cc1. The average molecular weight is 280 g/mol. The van der Waals surface area contributed by atoms with Crippen molar-refractivity contribution in [3.05, 3.63) is 35.6 Å². The first-order chi connectivity index (χ1) is 9.49. The first-order valence-electron chi connectivity index (χ1n) is 7.64. The van der Waals surface area contributed by atoms with Crippen LogP contribution in [0, 0.1) is 11.7 Å². The fourth-order valence-corrected chi connectivity index (χ4v) is 2.17. The molecule has 0 amide bonds. The van der Waals surface area contributed by atoms with Gasteiger partial charge in [-0.3, -0.25) is 4.90 Å². The van der Waals surface area contributed by atoms with E-state index in [0.717, 1.165) is 19.6 Å². The summed E-state index contributed by atoms with van der Waals surface area (Å²) in [4.78, 5) is 2.33. The molecule has 0 radical (unpaired) electrons. The molecule has 3 heteroatoms. The zero-order chi connectivity index (χ0) is 15.0. The Morgan fingerprint density at radius 3 is 2.40 bits per heavy atom. The Labute approximate surface area is 123 Å². The first-order valence-corrected chi connectivity index (χ1v) is 7.64. The molecule has 1 unspecified atom stereocenters. The van der Waals surface area contributed by atoms with Crippen molar-refractivity contribution in [2.45, 2.75) is 46.2 Å². The fraction of sp³-hybridized carbons (Fsp3) is 0.647. The molecule has 20 heavy (non-hydrogen) atoms. The quantitative estimate of drug-likeness (QED) is 0.694. The van der Waals surface area contributed by atoms with Crippen molar-refractivity contribution in [2.75, 3.05) is 20.1 Å². The van der Waals surface area contributed by atoms with E-state index < -0.39 is 0 Å². The van der Waals surface area contributed by atoms with E-state index in [9.17, 15) is 4.39 Å². The summed E-state index contributed by atoms with van der Waals surface area (Å²) in [6.07, 6.45) is 2.38. The van der Waals surface area contributed by atoms with Gasteiger partial charge >= 0.3 is 0 Å². The molecule has 1 N–H and O–H groups in total. The van der Waals surface area contributed by atoms with Crippen LogP contribution in [-0.2, 0) is 6.54 Å². The van der Waals surface area contributed by atoms with Crippen LogP contribution in [0.25, 0.3) is 0 Å². The van der Waals surface area contributed by atoms with Gasteiger partial charge in [-0.2, -0.15) is 0 Å². The standard InChI is InChI=1S/C17H29FN2/c1-14(2)12-19-11-5-6-15(3)20(4)13-16-7-9-17(18)10-8-16/h7-10,14-15,19H,5-6,11-13H2,1-4H3. The van der Waals surface area contributed by atoms with Gasteiger partial charge in [0.15, 0.2) is 0 Å². The zero-order valence-corrected chi connectivity index (χ0v) is 13.3. The summed E-state index contributed by atoms with van der Waals surface area (Å²) in [5.74, 6) is 0.550. The summed E-state index contributed by atoms with van der Waals surface area (Å²) >= 11 is 0. The van der Waals surface area contributed by atoms with Crippen molar-refractivity contribution >= 4 is 0 Å². The van der Waals surface area contributed by atoms with Crippen molar-refractivity contribution in [1.82, 2.24) is 10.2 Å². The van der Waals surface area contributed by atoms with Crippen LogP contribution in [-0.4, -0.2) is 31.1 Å². The van der Waals surface area contributed by atoms with E-state index in [2.05, 4.69) is 38.0 Å². The number of halogens is 1. The Balaban J connectivity index is 2.21. The third-order valence-electron chi connectivity index (χ3n) is 3.63. The number of hydrogen-bond donors (Lipinski definition) is 1. The van der Waals surface area contributed by atoms with E-state index in [-0.39, 0.29) is 5.82 Å². The van der Waals surface area contributed by atoms with Crippen LogP contribution in [0.15, 0.2) is 24.3 Å². The van der Waals surface area contributed by atoms with Gasteiger partial charge in [0.25, 0.3) is 0 Å². The minimum absolute atomic E-state index is 0.166. The maximum absolute atomic E-state index is 12.9. The summed E-state index contributed by atoms with van der Waals surface area (Å²) in [6, 6.07) is 7.33. The lowest BCUT2D eigenvalue weighted by molar-refractivity contribution is 0.234. The Morgan fingerprint density at radius 1 is 1.15 bits per heavy atom. The van der Waals surface area contributed by atoms with Crippen molar-refractivity contribution in [1.29, 1.82) is 0 Å². The summed E-state index contributed by atoms with van der Waals surface area (Å²) in [5.41, 5.74) is 1.17. The molecule has 0 aliphatic heterocycles. The Hall–Kier alpha value is -0.930. The van der Waals surface area contributed by atoms with E-state index >= 15 is 0 Å². The number of nitrogens with one attached hydrogen (secondary N) is 1. The second-order valence-electron chi connectivity index (χ2n) is 6.13. The second kappa shape index (κ2) is 9.09. The molecular formula is C17H29FN2. The lowest BCUT2D eigenvalue weighted by Crippen LogP contribution is -2.30. The van der Waals surface area contributed by atoms with Gasteiger partial charge in [-0.1, -0.05) is 26.0 Å². The highest BCUT2D eigenvalue weighted by atomic mass is 19.1. The van der Waals surface area contributed by atoms with Gasteiger partial charge in [-0.05, 0) is 63.5 Å². The molecule has 2 nitrogen and oxygen atoms in total. The fourth-order valence-electron chi connectivity index (χ4n) is 2.17. The van der Waals surface area contributed by atoms with Gasteiger partial charge in [0.2, 0.25) is 0 Å². The van der Waals surface area contributed by atoms with Crippen LogP contribution >= 0.6 is 0 Å². The van der Waals surface area contributed by atoms with E-state index in [0.29, 0.717) is 12.0 Å². The number of nitrogens with zero attached hydrogens (tertiary/aromatic N) is 1. The maximum atomic E-state index is 12.9. The van der Waals surface area contributed by atoms with Crippen molar-refractivity contribution in [3.63, 3.8) is 0 Å². The predicted molar refractivity (Wildman–Crippen MR) is 84.3 cm³/mol. The van der Waals surface area contributed by atoms with Gasteiger partial charge in [0.1, 0.15) is 5.82 Å². The molecule has 0 heterocycles. The molecule has 1 atom stereocenters. The minimum Gasteiger partial charge on any atom is -0.316 e. The Bertz CT molecular complexity index is 362. The van der Waals surface area contributed by atoms with Gasteiger partial charge in [0.05, 0.1) is 0 Å². The van der Waals surface area contributed by atoms with Crippen LogP contribution in [0.5, 0.6) is 0 Å². The van der Waals surface area contributed by atoms with Crippen molar-refractivity contribution in [3.8, 4) is 0 Å². The molecule has 114 valence electrons. The normalized spacial score (nSPS) is 13.2. The molecule has 0 fully saturated rings. The summed E-state index contributed by atoms with van der Waals surface area (Å²) in [6.45, 7) is 9.78. The molecule has 0 aliphatic carbocycles.